The standard InChI is InChI=1S/C24H24N2O6S/c1-16-4-11-21(12-5-16)33(29,30)26-20-9-7-19(8-10-20)25-24(28)15-32-22-13-6-18(17(2)27)14-23(22)31-3/h4-14,26H,15H2,1-3H3,(H,25,28). The molecule has 0 aliphatic rings. The second-order valence-electron chi connectivity index (χ2n) is 7.25. The average molecular weight is 469 g/mol. The van der Waals surface area contributed by atoms with Crippen LogP contribution in [0.4, 0.5) is 11.4 Å². The fourth-order valence-corrected chi connectivity index (χ4v) is 3.96. The number of amides is 1. The second kappa shape index (κ2) is 10.2. The number of ether oxygens (including phenoxy) is 2. The third-order valence-corrected chi connectivity index (χ3v) is 6.08. The number of Topliss-reactive ketones (excluding diaryl/α,β-unsaturated/α-hetero) is 1. The van der Waals surface area contributed by atoms with E-state index >= 15 is 0 Å². The monoisotopic (exact) mass is 468 g/mol. The molecule has 3 aromatic carbocycles. The van der Waals surface area contributed by atoms with Gasteiger partial charge in [0.05, 0.1) is 12.0 Å². The maximum atomic E-state index is 12.5. The van der Waals surface area contributed by atoms with Crippen LogP contribution in [0.1, 0.15) is 22.8 Å². The fourth-order valence-electron chi connectivity index (χ4n) is 2.90. The van der Waals surface area contributed by atoms with Crippen LogP contribution in [-0.2, 0) is 14.8 Å². The van der Waals surface area contributed by atoms with Crippen LogP contribution >= 0.6 is 0 Å². The smallest absolute Gasteiger partial charge is 0.262 e. The highest BCUT2D eigenvalue weighted by Crippen LogP contribution is 2.28. The SMILES string of the molecule is COc1cc(C(C)=O)ccc1OCC(=O)Nc1ccc(NS(=O)(=O)c2ccc(C)cc2)cc1. The number of carbonyl (C=O) groups excluding carboxylic acids is 2. The molecule has 3 rings (SSSR count). The first-order chi connectivity index (χ1) is 15.7. The summed E-state index contributed by atoms with van der Waals surface area (Å²) in [6, 6.07) is 17.5. The molecule has 33 heavy (non-hydrogen) atoms. The van der Waals surface area contributed by atoms with Crippen LogP contribution in [0.25, 0.3) is 0 Å². The molecule has 0 radical (unpaired) electrons. The molecule has 0 aromatic heterocycles. The number of hydrogen-bond donors (Lipinski definition) is 2. The molecule has 172 valence electrons. The highest BCUT2D eigenvalue weighted by Gasteiger charge is 2.14. The Bertz CT molecular complexity index is 1250. The van der Waals surface area contributed by atoms with Gasteiger partial charge in [-0.05, 0) is 68.4 Å². The predicted molar refractivity (Wildman–Crippen MR) is 126 cm³/mol. The van der Waals surface area contributed by atoms with Crippen molar-refractivity contribution >= 4 is 33.1 Å². The zero-order chi connectivity index (χ0) is 24.0. The summed E-state index contributed by atoms with van der Waals surface area (Å²) in [6.07, 6.45) is 0. The zero-order valence-corrected chi connectivity index (χ0v) is 19.2. The van der Waals surface area contributed by atoms with Crippen molar-refractivity contribution in [2.24, 2.45) is 0 Å². The minimum atomic E-state index is -3.71. The minimum absolute atomic E-state index is 0.109. The van der Waals surface area contributed by atoms with Gasteiger partial charge < -0.3 is 14.8 Å². The van der Waals surface area contributed by atoms with E-state index in [1.54, 1.807) is 54.6 Å². The van der Waals surface area contributed by atoms with Gasteiger partial charge in [0, 0.05) is 16.9 Å². The van der Waals surface area contributed by atoms with E-state index in [1.165, 1.54) is 26.2 Å². The lowest BCUT2D eigenvalue weighted by molar-refractivity contribution is -0.118. The van der Waals surface area contributed by atoms with Gasteiger partial charge in [0.2, 0.25) is 0 Å². The Labute approximate surface area is 192 Å². The molecule has 0 atom stereocenters. The number of hydrogen-bond acceptors (Lipinski definition) is 6. The van der Waals surface area contributed by atoms with E-state index in [0.29, 0.717) is 28.4 Å². The van der Waals surface area contributed by atoms with E-state index in [4.69, 9.17) is 9.47 Å². The number of methoxy groups -OCH3 is 1. The number of carbonyl (C=O) groups is 2. The Balaban J connectivity index is 1.58. The first kappa shape index (κ1) is 23.8. The Morgan fingerprint density at radius 2 is 1.52 bits per heavy atom. The Morgan fingerprint density at radius 3 is 2.12 bits per heavy atom. The van der Waals surface area contributed by atoms with Crippen LogP contribution < -0.4 is 19.5 Å². The van der Waals surface area contributed by atoms with Crippen LogP contribution in [0.5, 0.6) is 11.5 Å². The van der Waals surface area contributed by atoms with Gasteiger partial charge in [-0.2, -0.15) is 0 Å². The topological polar surface area (TPSA) is 111 Å². The third kappa shape index (κ3) is 6.33. The number of ketones is 1. The van der Waals surface area contributed by atoms with Crippen molar-refractivity contribution in [2.75, 3.05) is 23.8 Å². The maximum absolute atomic E-state index is 12.5. The maximum Gasteiger partial charge on any atom is 0.262 e. The van der Waals surface area contributed by atoms with E-state index in [-0.39, 0.29) is 17.3 Å². The highest BCUT2D eigenvalue weighted by atomic mass is 32.2. The van der Waals surface area contributed by atoms with Gasteiger partial charge in [-0.3, -0.25) is 14.3 Å². The number of anilines is 2. The second-order valence-corrected chi connectivity index (χ2v) is 8.94. The Morgan fingerprint density at radius 1 is 0.879 bits per heavy atom. The number of aryl methyl sites for hydroxylation is 1. The molecule has 0 saturated heterocycles. The van der Waals surface area contributed by atoms with Crippen molar-refractivity contribution in [3.63, 3.8) is 0 Å². The Hall–Kier alpha value is -3.85. The normalized spacial score (nSPS) is 10.9. The van der Waals surface area contributed by atoms with E-state index in [0.717, 1.165) is 5.56 Å². The summed E-state index contributed by atoms with van der Waals surface area (Å²) in [5, 5.41) is 2.67. The number of rotatable bonds is 9. The van der Waals surface area contributed by atoms with Crippen LogP contribution in [0.3, 0.4) is 0 Å². The van der Waals surface area contributed by atoms with Gasteiger partial charge in [-0.15, -0.1) is 0 Å². The summed E-state index contributed by atoms with van der Waals surface area (Å²) >= 11 is 0. The molecule has 0 spiro atoms. The lowest BCUT2D eigenvalue weighted by Gasteiger charge is -2.12. The van der Waals surface area contributed by atoms with Gasteiger partial charge >= 0.3 is 0 Å². The van der Waals surface area contributed by atoms with Crippen LogP contribution in [0.2, 0.25) is 0 Å². The molecule has 0 fully saturated rings. The highest BCUT2D eigenvalue weighted by molar-refractivity contribution is 7.92. The first-order valence-corrected chi connectivity index (χ1v) is 11.5. The van der Waals surface area contributed by atoms with Crippen molar-refractivity contribution < 1.29 is 27.5 Å². The quantitative estimate of drug-likeness (QED) is 0.459. The van der Waals surface area contributed by atoms with Crippen molar-refractivity contribution in [3.8, 4) is 11.5 Å². The fraction of sp³-hybridized carbons (Fsp3) is 0.167. The summed E-state index contributed by atoms with van der Waals surface area (Å²) < 4.78 is 38.2. The van der Waals surface area contributed by atoms with E-state index < -0.39 is 15.9 Å². The molecule has 9 heteroatoms. The molecular weight excluding hydrogens is 444 g/mol. The van der Waals surface area contributed by atoms with Crippen molar-refractivity contribution in [1.82, 2.24) is 0 Å². The zero-order valence-electron chi connectivity index (χ0n) is 18.4. The van der Waals surface area contributed by atoms with Gasteiger partial charge in [0.15, 0.2) is 23.9 Å². The summed E-state index contributed by atoms with van der Waals surface area (Å²) in [7, 11) is -2.27. The molecule has 0 aliphatic carbocycles. The van der Waals surface area contributed by atoms with E-state index in [1.807, 2.05) is 6.92 Å². The van der Waals surface area contributed by atoms with Crippen LogP contribution in [-0.4, -0.2) is 33.8 Å². The van der Waals surface area contributed by atoms with Crippen molar-refractivity contribution in [3.05, 3.63) is 77.9 Å². The largest absolute Gasteiger partial charge is 0.493 e. The molecule has 0 bridgehead atoms. The van der Waals surface area contributed by atoms with Crippen molar-refractivity contribution in [1.29, 1.82) is 0 Å². The summed E-state index contributed by atoms with van der Waals surface area (Å²) in [5.41, 5.74) is 2.27. The molecule has 0 saturated carbocycles. The van der Waals surface area contributed by atoms with Crippen molar-refractivity contribution in [2.45, 2.75) is 18.7 Å². The molecule has 8 nitrogen and oxygen atoms in total. The third-order valence-electron chi connectivity index (χ3n) is 4.68. The van der Waals surface area contributed by atoms with Gasteiger partial charge in [0.1, 0.15) is 0 Å². The van der Waals surface area contributed by atoms with E-state index in [9.17, 15) is 18.0 Å². The average Bonchev–Trinajstić information content (AvgIpc) is 2.79. The number of sulfonamides is 1. The van der Waals surface area contributed by atoms with E-state index in [2.05, 4.69) is 10.0 Å². The van der Waals surface area contributed by atoms with Gasteiger partial charge in [-0.25, -0.2) is 8.42 Å². The molecule has 0 aliphatic heterocycles. The summed E-state index contributed by atoms with van der Waals surface area (Å²) in [5.74, 6) is 0.155. The molecule has 0 heterocycles. The lowest BCUT2D eigenvalue weighted by Crippen LogP contribution is -2.20. The van der Waals surface area contributed by atoms with Crippen LogP contribution in [0, 0.1) is 6.92 Å². The lowest BCUT2D eigenvalue weighted by atomic mass is 10.1. The minimum Gasteiger partial charge on any atom is -0.493 e. The summed E-state index contributed by atoms with van der Waals surface area (Å²) in [4.78, 5) is 23.9. The predicted octanol–water partition coefficient (Wildman–Crippen LogP) is 4.02. The first-order valence-electron chi connectivity index (χ1n) is 9.99. The molecule has 2 N–H and O–H groups in total. The summed E-state index contributed by atoms with van der Waals surface area (Å²) in [6.45, 7) is 3.04. The number of benzene rings is 3. The molecular formula is C24H24N2O6S. The number of nitrogens with one attached hydrogen (secondary N) is 2. The molecule has 1 amide bonds. The Kier molecular flexibility index (Phi) is 7.34. The molecule has 0 unspecified atom stereocenters. The van der Waals surface area contributed by atoms with Crippen LogP contribution in [0.15, 0.2) is 71.6 Å². The van der Waals surface area contributed by atoms with Gasteiger partial charge in [-0.1, -0.05) is 17.7 Å². The van der Waals surface area contributed by atoms with Gasteiger partial charge in [0.25, 0.3) is 15.9 Å². The molecule has 3 aromatic rings.